The minimum Gasteiger partial charge on any atom is -0.477 e. The fourth-order valence-corrected chi connectivity index (χ4v) is 2.47. The number of rotatable bonds is 7. The van der Waals surface area contributed by atoms with E-state index in [0.29, 0.717) is 5.69 Å². The molecular formula is C19H20N2O6. The topological polar surface area (TPSA) is 108 Å². The maximum Gasteiger partial charge on any atom is 0.338 e. The Labute approximate surface area is 156 Å². The molecule has 27 heavy (non-hydrogen) atoms. The van der Waals surface area contributed by atoms with E-state index in [1.807, 2.05) is 26.0 Å². The van der Waals surface area contributed by atoms with E-state index in [0.717, 1.165) is 11.6 Å². The van der Waals surface area contributed by atoms with Gasteiger partial charge in [0.25, 0.3) is 5.91 Å². The Hall–Kier alpha value is -3.42. The maximum absolute atomic E-state index is 12.2. The number of nitrogens with zero attached hydrogens (tertiary/aromatic N) is 1. The normalized spacial score (nSPS) is 10.4. The standard InChI is InChI=1S/C19H20N2O6/c1-12(2)14-6-4-5-7-15(14)20-18(22)11-27-17-9-8-13(19(23)26-3)10-16(17)21(24)25/h4-10,12H,11H2,1-3H3,(H,20,22). The average Bonchev–Trinajstić information content (AvgIpc) is 2.65. The first kappa shape index (κ1) is 19.9. The molecule has 142 valence electrons. The van der Waals surface area contributed by atoms with Crippen molar-refractivity contribution < 1.29 is 24.0 Å². The van der Waals surface area contributed by atoms with Gasteiger partial charge in [-0.15, -0.1) is 0 Å². The minimum atomic E-state index is -0.701. The molecule has 0 heterocycles. The van der Waals surface area contributed by atoms with Gasteiger partial charge in [-0.25, -0.2) is 4.79 Å². The molecule has 2 aromatic carbocycles. The van der Waals surface area contributed by atoms with Crippen LogP contribution in [0, 0.1) is 10.1 Å². The van der Waals surface area contributed by atoms with Crippen LogP contribution in [0.25, 0.3) is 0 Å². The fourth-order valence-electron chi connectivity index (χ4n) is 2.47. The third-order valence-corrected chi connectivity index (χ3v) is 3.79. The van der Waals surface area contributed by atoms with Crippen molar-refractivity contribution in [1.29, 1.82) is 0 Å². The molecule has 0 aliphatic heterocycles. The second-order valence-electron chi connectivity index (χ2n) is 6.01. The molecule has 2 aromatic rings. The number of hydrogen-bond acceptors (Lipinski definition) is 6. The molecule has 0 aliphatic carbocycles. The van der Waals surface area contributed by atoms with Gasteiger partial charge in [0.2, 0.25) is 0 Å². The average molecular weight is 372 g/mol. The highest BCUT2D eigenvalue weighted by atomic mass is 16.6. The molecule has 0 aliphatic rings. The van der Waals surface area contributed by atoms with Crippen LogP contribution in [0.4, 0.5) is 11.4 Å². The molecule has 2 rings (SSSR count). The van der Waals surface area contributed by atoms with Crippen molar-refractivity contribution in [3.8, 4) is 5.75 Å². The summed E-state index contributed by atoms with van der Waals surface area (Å²) < 4.78 is 9.83. The van der Waals surface area contributed by atoms with E-state index in [1.54, 1.807) is 12.1 Å². The lowest BCUT2D eigenvalue weighted by Crippen LogP contribution is -2.21. The van der Waals surface area contributed by atoms with Crippen molar-refractivity contribution in [2.45, 2.75) is 19.8 Å². The number of methoxy groups -OCH3 is 1. The molecule has 0 saturated carbocycles. The summed E-state index contributed by atoms with van der Waals surface area (Å²) >= 11 is 0. The number of ether oxygens (including phenoxy) is 2. The molecule has 0 bridgehead atoms. The van der Waals surface area contributed by atoms with Gasteiger partial charge in [-0.2, -0.15) is 0 Å². The van der Waals surface area contributed by atoms with Crippen LogP contribution in [0.1, 0.15) is 35.7 Å². The van der Waals surface area contributed by atoms with Crippen LogP contribution in [0.5, 0.6) is 5.75 Å². The summed E-state index contributed by atoms with van der Waals surface area (Å²) in [5.74, 6) is -1.04. The quantitative estimate of drug-likeness (QED) is 0.453. The number of carbonyl (C=O) groups excluding carboxylic acids is 2. The van der Waals surface area contributed by atoms with Gasteiger partial charge in [0.05, 0.1) is 17.6 Å². The van der Waals surface area contributed by atoms with Gasteiger partial charge in [0, 0.05) is 11.8 Å². The predicted octanol–water partition coefficient (Wildman–Crippen LogP) is 3.52. The zero-order chi connectivity index (χ0) is 20.0. The third kappa shape index (κ3) is 5.04. The van der Waals surface area contributed by atoms with Gasteiger partial charge < -0.3 is 14.8 Å². The smallest absolute Gasteiger partial charge is 0.338 e. The van der Waals surface area contributed by atoms with E-state index in [9.17, 15) is 19.7 Å². The van der Waals surface area contributed by atoms with Gasteiger partial charge in [-0.1, -0.05) is 32.0 Å². The first-order chi connectivity index (χ1) is 12.8. The summed E-state index contributed by atoms with van der Waals surface area (Å²) in [7, 11) is 1.18. The molecule has 0 atom stereocenters. The van der Waals surface area contributed by atoms with Crippen molar-refractivity contribution in [2.75, 3.05) is 19.0 Å². The minimum absolute atomic E-state index is 0.0202. The molecule has 0 saturated heterocycles. The number of nitro benzene ring substituents is 1. The Morgan fingerprint density at radius 3 is 2.52 bits per heavy atom. The van der Waals surface area contributed by atoms with Crippen molar-refractivity contribution >= 4 is 23.3 Å². The van der Waals surface area contributed by atoms with Gasteiger partial charge >= 0.3 is 11.7 Å². The molecule has 8 nitrogen and oxygen atoms in total. The Morgan fingerprint density at radius 2 is 1.89 bits per heavy atom. The number of benzene rings is 2. The number of para-hydroxylation sites is 1. The number of carbonyl (C=O) groups is 2. The maximum atomic E-state index is 12.2. The first-order valence-corrected chi connectivity index (χ1v) is 8.21. The molecular weight excluding hydrogens is 352 g/mol. The summed E-state index contributed by atoms with van der Waals surface area (Å²) in [5, 5.41) is 14.0. The molecule has 0 radical (unpaired) electrons. The van der Waals surface area contributed by atoms with Crippen molar-refractivity contribution in [3.63, 3.8) is 0 Å². The highest BCUT2D eigenvalue weighted by Crippen LogP contribution is 2.28. The second-order valence-corrected chi connectivity index (χ2v) is 6.01. The van der Waals surface area contributed by atoms with E-state index >= 15 is 0 Å². The summed E-state index contributed by atoms with van der Waals surface area (Å²) in [4.78, 5) is 34.2. The zero-order valence-corrected chi connectivity index (χ0v) is 15.2. The predicted molar refractivity (Wildman–Crippen MR) is 99.1 cm³/mol. The van der Waals surface area contributed by atoms with E-state index in [4.69, 9.17) is 4.74 Å². The van der Waals surface area contributed by atoms with Gasteiger partial charge in [-0.3, -0.25) is 14.9 Å². The van der Waals surface area contributed by atoms with Gasteiger partial charge in [-0.05, 0) is 29.7 Å². The van der Waals surface area contributed by atoms with Crippen LogP contribution < -0.4 is 10.1 Å². The van der Waals surface area contributed by atoms with Crippen LogP contribution in [-0.2, 0) is 9.53 Å². The zero-order valence-electron chi connectivity index (χ0n) is 15.2. The monoisotopic (exact) mass is 372 g/mol. The summed E-state index contributed by atoms with van der Waals surface area (Å²) in [6.07, 6.45) is 0. The van der Waals surface area contributed by atoms with Crippen molar-refractivity contribution in [3.05, 3.63) is 63.7 Å². The number of anilines is 1. The summed E-state index contributed by atoms with van der Waals surface area (Å²) in [6.45, 7) is 3.60. The molecule has 0 fully saturated rings. The van der Waals surface area contributed by atoms with E-state index in [-0.39, 0.29) is 17.2 Å². The number of nitro groups is 1. The van der Waals surface area contributed by atoms with Crippen LogP contribution in [0.15, 0.2) is 42.5 Å². The Morgan fingerprint density at radius 1 is 1.19 bits per heavy atom. The lowest BCUT2D eigenvalue weighted by Gasteiger charge is -2.14. The molecule has 1 N–H and O–H groups in total. The van der Waals surface area contributed by atoms with E-state index in [2.05, 4.69) is 10.1 Å². The van der Waals surface area contributed by atoms with Gasteiger partial charge in [0.1, 0.15) is 0 Å². The van der Waals surface area contributed by atoms with E-state index in [1.165, 1.54) is 19.2 Å². The Bertz CT molecular complexity index is 863. The highest BCUT2D eigenvalue weighted by Gasteiger charge is 2.20. The molecule has 1 amide bonds. The van der Waals surface area contributed by atoms with Crippen LogP contribution >= 0.6 is 0 Å². The van der Waals surface area contributed by atoms with Gasteiger partial charge in [0.15, 0.2) is 12.4 Å². The molecule has 0 spiro atoms. The van der Waals surface area contributed by atoms with Crippen LogP contribution in [0.3, 0.4) is 0 Å². The van der Waals surface area contributed by atoms with Crippen LogP contribution in [0.2, 0.25) is 0 Å². The summed E-state index contributed by atoms with van der Waals surface area (Å²) in [6, 6.07) is 11.0. The van der Waals surface area contributed by atoms with Crippen molar-refractivity contribution in [2.24, 2.45) is 0 Å². The third-order valence-electron chi connectivity index (χ3n) is 3.79. The fraction of sp³-hybridized carbons (Fsp3) is 0.263. The number of nitrogens with one attached hydrogen (secondary N) is 1. The number of esters is 1. The first-order valence-electron chi connectivity index (χ1n) is 8.21. The van der Waals surface area contributed by atoms with E-state index < -0.39 is 29.1 Å². The number of amides is 1. The Kier molecular flexibility index (Phi) is 6.48. The number of hydrogen-bond donors (Lipinski definition) is 1. The largest absolute Gasteiger partial charge is 0.477 e. The van der Waals surface area contributed by atoms with Crippen LogP contribution in [-0.4, -0.2) is 30.5 Å². The molecule has 8 heteroatoms. The molecule has 0 aromatic heterocycles. The second kappa shape index (κ2) is 8.79. The van der Waals surface area contributed by atoms with Crippen molar-refractivity contribution in [1.82, 2.24) is 0 Å². The Balaban J connectivity index is 2.11. The molecule has 0 unspecified atom stereocenters. The SMILES string of the molecule is COC(=O)c1ccc(OCC(=O)Nc2ccccc2C(C)C)c([N+](=O)[O-])c1. The lowest BCUT2D eigenvalue weighted by atomic mass is 10.0. The summed E-state index contributed by atoms with van der Waals surface area (Å²) in [5.41, 5.74) is 1.23. The lowest BCUT2D eigenvalue weighted by molar-refractivity contribution is -0.385. The highest BCUT2D eigenvalue weighted by molar-refractivity contribution is 5.93.